The van der Waals surface area contributed by atoms with Crippen LogP contribution in [0.4, 0.5) is 4.39 Å². The van der Waals surface area contributed by atoms with E-state index in [4.69, 9.17) is 22.1 Å². The SMILES string of the molecule is CC(O)C(C)OC(C)(CN)c1ccc(F)cc1Cl. The molecule has 1 aromatic carbocycles. The van der Waals surface area contributed by atoms with Gasteiger partial charge in [0.1, 0.15) is 11.4 Å². The van der Waals surface area contributed by atoms with Gasteiger partial charge in [-0.2, -0.15) is 0 Å². The molecule has 0 aliphatic rings. The number of ether oxygens (including phenoxy) is 1. The quantitative estimate of drug-likeness (QED) is 0.868. The highest BCUT2D eigenvalue weighted by atomic mass is 35.5. The Hall–Kier alpha value is -0.680. The smallest absolute Gasteiger partial charge is 0.124 e. The summed E-state index contributed by atoms with van der Waals surface area (Å²) in [6.45, 7) is 5.32. The van der Waals surface area contributed by atoms with E-state index in [-0.39, 0.29) is 11.6 Å². The van der Waals surface area contributed by atoms with Crippen molar-refractivity contribution in [1.82, 2.24) is 0 Å². The molecule has 0 spiro atoms. The van der Waals surface area contributed by atoms with Crippen molar-refractivity contribution in [2.75, 3.05) is 6.54 Å². The highest BCUT2D eigenvalue weighted by Gasteiger charge is 2.31. The van der Waals surface area contributed by atoms with Crippen LogP contribution in [0.3, 0.4) is 0 Å². The fourth-order valence-corrected chi connectivity index (χ4v) is 2.02. The number of aliphatic hydroxyl groups excluding tert-OH is 1. The highest BCUT2D eigenvalue weighted by Crippen LogP contribution is 2.32. The molecule has 3 atom stereocenters. The standard InChI is InChI=1S/C13H19ClFNO2/c1-8(17)9(2)18-13(3,7-16)11-5-4-10(15)6-12(11)14/h4-6,8-9,17H,7,16H2,1-3H3. The molecule has 0 amide bonds. The minimum atomic E-state index is -0.860. The van der Waals surface area contributed by atoms with Crippen molar-refractivity contribution in [2.45, 2.75) is 38.6 Å². The van der Waals surface area contributed by atoms with E-state index in [9.17, 15) is 9.50 Å². The molecule has 0 radical (unpaired) electrons. The molecule has 0 aliphatic carbocycles. The molecule has 0 saturated carbocycles. The molecule has 1 aromatic rings. The molecular formula is C13H19ClFNO2. The van der Waals surface area contributed by atoms with Gasteiger partial charge in [-0.05, 0) is 32.9 Å². The van der Waals surface area contributed by atoms with E-state index in [1.807, 2.05) is 0 Å². The maximum absolute atomic E-state index is 13.0. The third kappa shape index (κ3) is 3.42. The van der Waals surface area contributed by atoms with Crippen molar-refractivity contribution in [3.8, 4) is 0 Å². The van der Waals surface area contributed by atoms with E-state index in [0.717, 1.165) is 0 Å². The topological polar surface area (TPSA) is 55.5 Å². The zero-order valence-electron chi connectivity index (χ0n) is 10.8. The van der Waals surface area contributed by atoms with Crippen molar-refractivity contribution in [2.24, 2.45) is 5.73 Å². The zero-order valence-corrected chi connectivity index (χ0v) is 11.5. The van der Waals surface area contributed by atoms with Crippen LogP contribution in [0.25, 0.3) is 0 Å². The van der Waals surface area contributed by atoms with E-state index in [2.05, 4.69) is 0 Å². The van der Waals surface area contributed by atoms with Gasteiger partial charge in [-0.15, -0.1) is 0 Å². The summed E-state index contributed by atoms with van der Waals surface area (Å²) in [5.74, 6) is -0.410. The molecule has 0 fully saturated rings. The monoisotopic (exact) mass is 275 g/mol. The molecule has 1 rings (SSSR count). The lowest BCUT2D eigenvalue weighted by Crippen LogP contribution is -2.40. The van der Waals surface area contributed by atoms with Crippen LogP contribution in [-0.4, -0.2) is 23.9 Å². The molecule has 0 heterocycles. The summed E-state index contributed by atoms with van der Waals surface area (Å²) in [7, 11) is 0. The predicted octanol–water partition coefficient (Wildman–Crippen LogP) is 2.44. The summed E-state index contributed by atoms with van der Waals surface area (Å²) in [6.07, 6.45) is -1.03. The molecule has 3 unspecified atom stereocenters. The second kappa shape index (κ2) is 5.97. The van der Waals surface area contributed by atoms with Crippen LogP contribution >= 0.6 is 11.6 Å². The van der Waals surface area contributed by atoms with Crippen molar-refractivity contribution in [3.05, 3.63) is 34.6 Å². The normalized spacial score (nSPS) is 18.2. The number of halogens is 2. The summed E-state index contributed by atoms with van der Waals surface area (Å²) in [4.78, 5) is 0. The fraction of sp³-hybridized carbons (Fsp3) is 0.538. The Balaban J connectivity index is 3.06. The lowest BCUT2D eigenvalue weighted by Gasteiger charge is -2.34. The maximum atomic E-state index is 13.0. The largest absolute Gasteiger partial charge is 0.391 e. The van der Waals surface area contributed by atoms with Crippen LogP contribution in [-0.2, 0) is 10.3 Å². The first kappa shape index (κ1) is 15.4. The number of rotatable bonds is 5. The van der Waals surface area contributed by atoms with Gasteiger partial charge in [0.25, 0.3) is 0 Å². The number of hydrogen-bond acceptors (Lipinski definition) is 3. The Labute approximate surface area is 112 Å². The van der Waals surface area contributed by atoms with Gasteiger partial charge in [0.2, 0.25) is 0 Å². The lowest BCUT2D eigenvalue weighted by molar-refractivity contribution is -0.114. The van der Waals surface area contributed by atoms with E-state index in [1.165, 1.54) is 12.1 Å². The molecule has 102 valence electrons. The Bertz CT molecular complexity index is 414. The Morgan fingerprint density at radius 3 is 2.56 bits per heavy atom. The molecule has 5 heteroatoms. The van der Waals surface area contributed by atoms with Gasteiger partial charge in [-0.25, -0.2) is 4.39 Å². The average Bonchev–Trinajstić information content (AvgIpc) is 2.28. The van der Waals surface area contributed by atoms with Gasteiger partial charge in [0.15, 0.2) is 0 Å². The molecule has 3 nitrogen and oxygen atoms in total. The fourth-order valence-electron chi connectivity index (χ4n) is 1.65. The Morgan fingerprint density at radius 2 is 2.11 bits per heavy atom. The Kier molecular flexibility index (Phi) is 5.10. The van der Waals surface area contributed by atoms with E-state index in [0.29, 0.717) is 5.56 Å². The third-order valence-corrected chi connectivity index (χ3v) is 3.33. The van der Waals surface area contributed by atoms with Gasteiger partial charge in [-0.3, -0.25) is 0 Å². The van der Waals surface area contributed by atoms with Crippen molar-refractivity contribution < 1.29 is 14.2 Å². The number of hydrogen-bond donors (Lipinski definition) is 2. The summed E-state index contributed by atoms with van der Waals surface area (Å²) < 4.78 is 18.8. The average molecular weight is 276 g/mol. The van der Waals surface area contributed by atoms with Crippen molar-refractivity contribution >= 4 is 11.6 Å². The van der Waals surface area contributed by atoms with Crippen LogP contribution in [0.5, 0.6) is 0 Å². The van der Waals surface area contributed by atoms with Gasteiger partial charge >= 0.3 is 0 Å². The Morgan fingerprint density at radius 1 is 1.50 bits per heavy atom. The van der Waals surface area contributed by atoms with Gasteiger partial charge in [-0.1, -0.05) is 17.7 Å². The maximum Gasteiger partial charge on any atom is 0.124 e. The first-order valence-electron chi connectivity index (χ1n) is 5.81. The predicted molar refractivity (Wildman–Crippen MR) is 70.0 cm³/mol. The molecule has 3 N–H and O–H groups in total. The van der Waals surface area contributed by atoms with E-state index in [1.54, 1.807) is 26.8 Å². The molecule has 0 saturated heterocycles. The van der Waals surface area contributed by atoms with E-state index >= 15 is 0 Å². The molecule has 0 aliphatic heterocycles. The van der Waals surface area contributed by atoms with Gasteiger partial charge in [0.05, 0.1) is 12.2 Å². The summed E-state index contributed by atoms with van der Waals surface area (Å²) in [6, 6.07) is 4.09. The lowest BCUT2D eigenvalue weighted by atomic mass is 9.95. The second-order valence-electron chi connectivity index (χ2n) is 4.62. The van der Waals surface area contributed by atoms with Crippen molar-refractivity contribution in [3.63, 3.8) is 0 Å². The van der Waals surface area contributed by atoms with Crippen LogP contribution in [0, 0.1) is 5.82 Å². The molecule has 0 bridgehead atoms. The third-order valence-electron chi connectivity index (χ3n) is 3.02. The van der Waals surface area contributed by atoms with Crippen LogP contribution in [0.2, 0.25) is 5.02 Å². The number of aliphatic hydroxyl groups is 1. The van der Waals surface area contributed by atoms with Crippen LogP contribution in [0.15, 0.2) is 18.2 Å². The summed E-state index contributed by atoms with van der Waals surface area (Å²) in [5, 5.41) is 9.75. The summed E-state index contributed by atoms with van der Waals surface area (Å²) >= 11 is 6.02. The number of benzene rings is 1. The van der Waals surface area contributed by atoms with Gasteiger partial charge in [0, 0.05) is 17.1 Å². The minimum Gasteiger partial charge on any atom is -0.391 e. The van der Waals surface area contributed by atoms with Gasteiger partial charge < -0.3 is 15.6 Å². The minimum absolute atomic E-state index is 0.176. The first-order valence-corrected chi connectivity index (χ1v) is 6.19. The van der Waals surface area contributed by atoms with Crippen molar-refractivity contribution in [1.29, 1.82) is 0 Å². The molecule has 18 heavy (non-hydrogen) atoms. The molecule has 0 aromatic heterocycles. The highest BCUT2D eigenvalue weighted by molar-refractivity contribution is 6.31. The van der Waals surface area contributed by atoms with Crippen LogP contribution < -0.4 is 5.73 Å². The zero-order chi connectivity index (χ0) is 13.9. The van der Waals surface area contributed by atoms with Crippen LogP contribution in [0.1, 0.15) is 26.3 Å². The molecular weight excluding hydrogens is 257 g/mol. The van der Waals surface area contributed by atoms with E-state index < -0.39 is 23.6 Å². The number of nitrogens with two attached hydrogens (primary N) is 1. The second-order valence-corrected chi connectivity index (χ2v) is 5.03. The first-order chi connectivity index (χ1) is 8.30. The summed E-state index contributed by atoms with van der Waals surface area (Å²) in [5.41, 5.74) is 5.49.